The van der Waals surface area contributed by atoms with Gasteiger partial charge in [0.2, 0.25) is 0 Å². The number of halogens is 1. The van der Waals surface area contributed by atoms with E-state index < -0.39 is 5.54 Å². The molecule has 3 nitrogen and oxygen atoms in total. The van der Waals surface area contributed by atoms with Crippen LogP contribution in [0.25, 0.3) is 0 Å². The van der Waals surface area contributed by atoms with Crippen LogP contribution in [0.1, 0.15) is 40.0 Å². The summed E-state index contributed by atoms with van der Waals surface area (Å²) in [6, 6.07) is 8.63. The average molecular weight is 278 g/mol. The topological polar surface area (TPSA) is 45.0 Å². The Morgan fingerprint density at radius 2 is 2.00 bits per heavy atom. The van der Waals surface area contributed by atoms with E-state index in [1.807, 2.05) is 20.8 Å². The fraction of sp³-hybridized carbons (Fsp3) is 0.562. The third kappa shape index (κ3) is 5.18. The van der Waals surface area contributed by atoms with Crippen LogP contribution in [-0.2, 0) is 0 Å². The molecule has 110 valence electrons. The Balaban J connectivity index is 2.41. The zero-order valence-corrected chi connectivity index (χ0v) is 12.4. The first-order valence-electron chi connectivity index (χ1n) is 7.08. The minimum atomic E-state index is -0.486. The minimum Gasteiger partial charge on any atom is -0.494 e. The van der Waals surface area contributed by atoms with Gasteiger partial charge in [0.05, 0.1) is 12.7 Å². The van der Waals surface area contributed by atoms with Crippen molar-refractivity contribution in [2.75, 3.05) is 6.61 Å². The van der Waals surface area contributed by atoms with Crippen LogP contribution in [-0.4, -0.2) is 18.2 Å². The van der Waals surface area contributed by atoms with Gasteiger partial charge < -0.3 is 4.74 Å². The van der Waals surface area contributed by atoms with Gasteiger partial charge in [-0.25, -0.2) is 4.39 Å². The van der Waals surface area contributed by atoms with Crippen LogP contribution in [0.15, 0.2) is 24.3 Å². The predicted molar refractivity (Wildman–Crippen MR) is 78.0 cm³/mol. The average Bonchev–Trinajstić information content (AvgIpc) is 2.44. The maximum atomic E-state index is 12.7. The molecule has 0 heterocycles. The van der Waals surface area contributed by atoms with E-state index in [9.17, 15) is 9.65 Å². The molecule has 0 bridgehead atoms. The number of hydrogen-bond acceptors (Lipinski definition) is 3. The molecule has 0 saturated heterocycles. The smallest absolute Gasteiger partial charge is 0.123 e. The molecule has 0 spiro atoms. The molecule has 0 aromatic heterocycles. The van der Waals surface area contributed by atoms with E-state index in [0.29, 0.717) is 12.4 Å². The molecule has 0 saturated carbocycles. The van der Waals surface area contributed by atoms with Crippen LogP contribution in [0.5, 0.6) is 5.75 Å². The van der Waals surface area contributed by atoms with E-state index in [2.05, 4.69) is 11.4 Å². The molecule has 0 radical (unpaired) electrons. The molecule has 1 atom stereocenters. The Kier molecular flexibility index (Phi) is 6.47. The summed E-state index contributed by atoms with van der Waals surface area (Å²) in [4.78, 5) is 0. The molecule has 1 N–H and O–H groups in total. The summed E-state index contributed by atoms with van der Waals surface area (Å²) in [6.45, 7) is 6.61. The molecular weight excluding hydrogens is 255 g/mol. The lowest BCUT2D eigenvalue weighted by molar-refractivity contribution is 0.268. The van der Waals surface area contributed by atoms with Gasteiger partial charge in [-0.1, -0.05) is 6.92 Å². The summed E-state index contributed by atoms with van der Waals surface area (Å²) in [6.07, 6.45) is 2.27. The lowest BCUT2D eigenvalue weighted by Gasteiger charge is -2.29. The van der Waals surface area contributed by atoms with Gasteiger partial charge in [-0.3, -0.25) is 5.32 Å². The number of ether oxygens (including phenoxy) is 1. The molecule has 1 aromatic carbocycles. The highest BCUT2D eigenvalue weighted by atomic mass is 19.1. The zero-order valence-electron chi connectivity index (χ0n) is 12.4. The van der Waals surface area contributed by atoms with E-state index in [-0.39, 0.29) is 11.9 Å². The van der Waals surface area contributed by atoms with Gasteiger partial charge in [0, 0.05) is 6.04 Å². The van der Waals surface area contributed by atoms with Crippen LogP contribution in [0.2, 0.25) is 0 Å². The van der Waals surface area contributed by atoms with Crippen molar-refractivity contribution in [1.29, 1.82) is 5.26 Å². The highest BCUT2D eigenvalue weighted by molar-refractivity contribution is 5.22. The maximum Gasteiger partial charge on any atom is 0.123 e. The predicted octanol–water partition coefficient (Wildman–Crippen LogP) is 3.66. The molecule has 1 rings (SSSR count). The number of nitriles is 1. The quantitative estimate of drug-likeness (QED) is 0.738. The van der Waals surface area contributed by atoms with Crippen molar-refractivity contribution < 1.29 is 9.13 Å². The normalized spacial score (nSPS) is 13.8. The third-order valence-corrected chi connectivity index (χ3v) is 3.21. The molecule has 4 heteroatoms. The van der Waals surface area contributed by atoms with E-state index >= 15 is 0 Å². The Morgan fingerprint density at radius 1 is 1.35 bits per heavy atom. The van der Waals surface area contributed by atoms with E-state index in [1.54, 1.807) is 12.1 Å². The number of rotatable bonds is 8. The molecule has 0 aliphatic carbocycles. The van der Waals surface area contributed by atoms with E-state index in [4.69, 9.17) is 4.74 Å². The third-order valence-electron chi connectivity index (χ3n) is 3.21. The number of benzene rings is 1. The van der Waals surface area contributed by atoms with Crippen LogP contribution >= 0.6 is 0 Å². The van der Waals surface area contributed by atoms with Gasteiger partial charge >= 0.3 is 0 Å². The lowest BCUT2D eigenvalue weighted by atomic mass is 9.91. The van der Waals surface area contributed by atoms with Gasteiger partial charge in [0.15, 0.2) is 0 Å². The largest absolute Gasteiger partial charge is 0.494 e. The second kappa shape index (κ2) is 7.86. The first-order chi connectivity index (χ1) is 9.51. The van der Waals surface area contributed by atoms with Crippen molar-refractivity contribution in [3.05, 3.63) is 30.1 Å². The van der Waals surface area contributed by atoms with Crippen molar-refractivity contribution in [2.24, 2.45) is 0 Å². The van der Waals surface area contributed by atoms with Gasteiger partial charge in [-0.05, 0) is 57.4 Å². The summed E-state index contributed by atoms with van der Waals surface area (Å²) in [7, 11) is 0. The van der Waals surface area contributed by atoms with Crippen LogP contribution in [0.4, 0.5) is 4.39 Å². The molecule has 0 aliphatic rings. The fourth-order valence-electron chi connectivity index (χ4n) is 2.17. The summed E-state index contributed by atoms with van der Waals surface area (Å²) in [5.74, 6) is 0.384. The van der Waals surface area contributed by atoms with Gasteiger partial charge in [0.25, 0.3) is 0 Å². The van der Waals surface area contributed by atoms with Gasteiger partial charge in [0.1, 0.15) is 17.1 Å². The first kappa shape index (κ1) is 16.5. The zero-order chi connectivity index (χ0) is 15.0. The van der Waals surface area contributed by atoms with Crippen molar-refractivity contribution in [2.45, 2.75) is 51.6 Å². The lowest BCUT2D eigenvalue weighted by Crippen LogP contribution is -2.47. The highest BCUT2D eigenvalue weighted by Gasteiger charge is 2.27. The Labute approximate surface area is 120 Å². The van der Waals surface area contributed by atoms with Gasteiger partial charge in [-0.15, -0.1) is 0 Å². The van der Waals surface area contributed by atoms with Crippen LogP contribution in [0.3, 0.4) is 0 Å². The van der Waals surface area contributed by atoms with Crippen LogP contribution < -0.4 is 10.1 Å². The molecule has 0 amide bonds. The molecule has 20 heavy (non-hydrogen) atoms. The Morgan fingerprint density at radius 3 is 2.50 bits per heavy atom. The standard InChI is InChI=1S/C16H23FN2O/c1-4-16(12-18,19-13(2)3)10-5-11-20-15-8-6-14(17)7-9-15/h6-9,13,19H,4-5,10-11H2,1-3H3. The van der Waals surface area contributed by atoms with Crippen molar-refractivity contribution >= 4 is 0 Å². The number of hydrogen-bond donors (Lipinski definition) is 1. The molecule has 1 unspecified atom stereocenters. The van der Waals surface area contributed by atoms with E-state index in [1.165, 1.54) is 12.1 Å². The molecule has 1 aromatic rings. The van der Waals surface area contributed by atoms with Crippen LogP contribution in [0, 0.1) is 17.1 Å². The summed E-state index contributed by atoms with van der Waals surface area (Å²) >= 11 is 0. The second-order valence-electron chi connectivity index (χ2n) is 5.25. The Bertz CT molecular complexity index is 439. The summed E-state index contributed by atoms with van der Waals surface area (Å²) in [5.41, 5.74) is -0.486. The SMILES string of the molecule is CCC(C#N)(CCCOc1ccc(F)cc1)NC(C)C. The molecular formula is C16H23FN2O. The van der Waals surface area contributed by atoms with Gasteiger partial charge in [-0.2, -0.15) is 5.26 Å². The highest BCUT2D eigenvalue weighted by Crippen LogP contribution is 2.18. The summed E-state index contributed by atoms with van der Waals surface area (Å²) < 4.78 is 18.3. The van der Waals surface area contributed by atoms with E-state index in [0.717, 1.165) is 19.3 Å². The summed E-state index contributed by atoms with van der Waals surface area (Å²) in [5, 5.41) is 12.7. The maximum absolute atomic E-state index is 12.7. The number of nitrogens with one attached hydrogen (secondary N) is 1. The Hall–Kier alpha value is -1.60. The van der Waals surface area contributed by atoms with Crippen molar-refractivity contribution in [1.82, 2.24) is 5.32 Å². The number of nitrogens with zero attached hydrogens (tertiary/aromatic N) is 1. The fourth-order valence-corrected chi connectivity index (χ4v) is 2.17. The molecule has 0 fully saturated rings. The van der Waals surface area contributed by atoms with Crippen molar-refractivity contribution in [3.63, 3.8) is 0 Å². The minimum absolute atomic E-state index is 0.270. The monoisotopic (exact) mass is 278 g/mol. The second-order valence-corrected chi connectivity index (χ2v) is 5.25. The van der Waals surface area contributed by atoms with Crippen molar-refractivity contribution in [3.8, 4) is 11.8 Å². The molecule has 0 aliphatic heterocycles. The first-order valence-corrected chi connectivity index (χ1v) is 7.08.